The van der Waals surface area contributed by atoms with Gasteiger partial charge in [-0.1, -0.05) is 20.3 Å². The molecule has 0 bridgehead atoms. The van der Waals surface area contributed by atoms with Crippen molar-refractivity contribution >= 4 is 6.29 Å². The molecule has 0 aromatic heterocycles. The van der Waals surface area contributed by atoms with Crippen molar-refractivity contribution < 1.29 is 4.79 Å². The van der Waals surface area contributed by atoms with E-state index in [0.717, 1.165) is 19.1 Å². The van der Waals surface area contributed by atoms with E-state index in [4.69, 9.17) is 0 Å². The summed E-state index contributed by atoms with van der Waals surface area (Å²) >= 11 is 0. The van der Waals surface area contributed by atoms with Gasteiger partial charge in [0.2, 0.25) is 0 Å². The van der Waals surface area contributed by atoms with Crippen molar-refractivity contribution in [1.82, 2.24) is 0 Å². The molecule has 7 heavy (non-hydrogen) atoms. The summed E-state index contributed by atoms with van der Waals surface area (Å²) in [7, 11) is 0. The van der Waals surface area contributed by atoms with Crippen LogP contribution in [0.4, 0.5) is 0 Å². The Bertz CT molecular complexity index is 50.1. The molecule has 0 aliphatic rings. The zero-order valence-corrected chi connectivity index (χ0v) is 4.98. The SMILES string of the molecule is CCC[C@H](C)C=O. The normalized spacial score (nSPS) is 13.4. The Labute approximate surface area is 44.7 Å². The lowest BCUT2D eigenvalue weighted by molar-refractivity contribution is -0.110. The van der Waals surface area contributed by atoms with Gasteiger partial charge in [0.25, 0.3) is 0 Å². The molecule has 0 saturated carbocycles. The highest BCUT2D eigenvalue weighted by Crippen LogP contribution is 1.98. The van der Waals surface area contributed by atoms with Gasteiger partial charge in [0.1, 0.15) is 6.29 Å². The molecule has 0 saturated heterocycles. The quantitative estimate of drug-likeness (QED) is 0.492. The van der Waals surface area contributed by atoms with E-state index in [1.54, 1.807) is 0 Å². The van der Waals surface area contributed by atoms with Crippen LogP contribution in [0.2, 0.25) is 0 Å². The average molecular weight is 100 g/mol. The van der Waals surface area contributed by atoms with Crippen LogP contribution in [0.1, 0.15) is 26.7 Å². The van der Waals surface area contributed by atoms with E-state index in [1.165, 1.54) is 0 Å². The second-order valence-electron chi connectivity index (χ2n) is 1.90. The van der Waals surface area contributed by atoms with Crippen molar-refractivity contribution in [2.75, 3.05) is 0 Å². The highest BCUT2D eigenvalue weighted by molar-refractivity contribution is 5.52. The number of carbonyl (C=O) groups is 1. The Hall–Kier alpha value is -0.330. The standard InChI is InChI=1S/C6H12O/c1-3-4-6(2)5-7/h5-6H,3-4H2,1-2H3/t6-/m0/s1. The minimum absolute atomic E-state index is 0.269. The number of carbonyl (C=O) groups excluding carboxylic acids is 1. The minimum atomic E-state index is 0.269. The summed E-state index contributed by atoms with van der Waals surface area (Å²) in [6.45, 7) is 4.02. The van der Waals surface area contributed by atoms with Gasteiger partial charge in [-0.3, -0.25) is 0 Å². The summed E-state index contributed by atoms with van der Waals surface area (Å²) in [5, 5.41) is 0. The van der Waals surface area contributed by atoms with E-state index >= 15 is 0 Å². The average Bonchev–Trinajstić information content (AvgIpc) is 1.68. The summed E-state index contributed by atoms with van der Waals surface area (Å²) in [5.41, 5.74) is 0. The monoisotopic (exact) mass is 100 g/mol. The molecular weight excluding hydrogens is 88.1 g/mol. The number of hydrogen-bond donors (Lipinski definition) is 0. The van der Waals surface area contributed by atoms with Crippen LogP contribution in [0.3, 0.4) is 0 Å². The lowest BCUT2D eigenvalue weighted by Crippen LogP contribution is -1.92. The molecule has 0 aliphatic heterocycles. The molecule has 1 nitrogen and oxygen atoms in total. The summed E-state index contributed by atoms with van der Waals surface area (Å²) in [5.74, 6) is 0.269. The smallest absolute Gasteiger partial charge is 0.122 e. The van der Waals surface area contributed by atoms with E-state index in [-0.39, 0.29) is 5.92 Å². The predicted molar refractivity (Wildman–Crippen MR) is 30.1 cm³/mol. The molecule has 0 heterocycles. The van der Waals surface area contributed by atoms with Crippen LogP contribution >= 0.6 is 0 Å². The Morgan fingerprint density at radius 3 is 2.43 bits per heavy atom. The number of rotatable bonds is 3. The van der Waals surface area contributed by atoms with Crippen molar-refractivity contribution in [2.24, 2.45) is 5.92 Å². The summed E-state index contributed by atoms with van der Waals surface area (Å²) in [6, 6.07) is 0. The van der Waals surface area contributed by atoms with Crippen LogP contribution in [0.25, 0.3) is 0 Å². The molecule has 0 spiro atoms. The highest BCUT2D eigenvalue weighted by Gasteiger charge is 1.93. The van der Waals surface area contributed by atoms with Crippen LogP contribution in [-0.4, -0.2) is 6.29 Å². The van der Waals surface area contributed by atoms with Crippen LogP contribution in [-0.2, 0) is 4.79 Å². The van der Waals surface area contributed by atoms with Gasteiger partial charge in [-0.05, 0) is 6.42 Å². The topological polar surface area (TPSA) is 17.1 Å². The maximum absolute atomic E-state index is 9.89. The fourth-order valence-corrected chi connectivity index (χ4v) is 0.523. The lowest BCUT2D eigenvalue weighted by atomic mass is 10.1. The third-order valence-corrected chi connectivity index (χ3v) is 0.976. The van der Waals surface area contributed by atoms with E-state index in [9.17, 15) is 4.79 Å². The van der Waals surface area contributed by atoms with Crippen LogP contribution in [0.15, 0.2) is 0 Å². The molecule has 42 valence electrons. The zero-order valence-electron chi connectivity index (χ0n) is 4.98. The Morgan fingerprint density at radius 2 is 2.29 bits per heavy atom. The van der Waals surface area contributed by atoms with Crippen molar-refractivity contribution in [3.8, 4) is 0 Å². The zero-order chi connectivity index (χ0) is 5.70. The first kappa shape index (κ1) is 6.67. The van der Waals surface area contributed by atoms with E-state index < -0.39 is 0 Å². The second kappa shape index (κ2) is 3.85. The molecule has 0 aromatic carbocycles. The van der Waals surface area contributed by atoms with Gasteiger partial charge in [-0.15, -0.1) is 0 Å². The molecule has 0 aliphatic carbocycles. The fraction of sp³-hybridized carbons (Fsp3) is 0.833. The molecular formula is C6H12O. The molecule has 0 fully saturated rings. The maximum Gasteiger partial charge on any atom is 0.122 e. The molecule has 0 aromatic rings. The van der Waals surface area contributed by atoms with Crippen molar-refractivity contribution in [3.05, 3.63) is 0 Å². The summed E-state index contributed by atoms with van der Waals surface area (Å²) < 4.78 is 0. The molecule has 1 atom stereocenters. The van der Waals surface area contributed by atoms with Gasteiger partial charge >= 0.3 is 0 Å². The van der Waals surface area contributed by atoms with Crippen LogP contribution < -0.4 is 0 Å². The lowest BCUT2D eigenvalue weighted by Gasteiger charge is -1.94. The van der Waals surface area contributed by atoms with E-state index in [0.29, 0.717) is 0 Å². The first-order valence-corrected chi connectivity index (χ1v) is 2.76. The number of aldehydes is 1. The van der Waals surface area contributed by atoms with Gasteiger partial charge in [-0.2, -0.15) is 0 Å². The van der Waals surface area contributed by atoms with E-state index in [2.05, 4.69) is 6.92 Å². The largest absolute Gasteiger partial charge is 0.303 e. The predicted octanol–water partition coefficient (Wildman–Crippen LogP) is 1.62. The maximum atomic E-state index is 9.89. The Morgan fingerprint density at radius 1 is 1.71 bits per heavy atom. The van der Waals surface area contributed by atoms with Crippen LogP contribution in [0.5, 0.6) is 0 Å². The minimum Gasteiger partial charge on any atom is -0.303 e. The van der Waals surface area contributed by atoms with Crippen molar-refractivity contribution in [1.29, 1.82) is 0 Å². The Balaban J connectivity index is 2.98. The van der Waals surface area contributed by atoms with Gasteiger partial charge in [0, 0.05) is 5.92 Å². The molecule has 0 rings (SSSR count). The highest BCUT2D eigenvalue weighted by atomic mass is 16.1. The van der Waals surface area contributed by atoms with Gasteiger partial charge < -0.3 is 4.79 Å². The third-order valence-electron chi connectivity index (χ3n) is 0.976. The second-order valence-corrected chi connectivity index (χ2v) is 1.90. The van der Waals surface area contributed by atoms with Gasteiger partial charge in [0.15, 0.2) is 0 Å². The molecule has 0 N–H and O–H groups in total. The third kappa shape index (κ3) is 3.50. The fourth-order valence-electron chi connectivity index (χ4n) is 0.523. The summed E-state index contributed by atoms with van der Waals surface area (Å²) in [6.07, 6.45) is 3.15. The van der Waals surface area contributed by atoms with E-state index in [1.807, 2.05) is 6.92 Å². The molecule has 0 unspecified atom stereocenters. The van der Waals surface area contributed by atoms with Gasteiger partial charge in [-0.25, -0.2) is 0 Å². The molecule has 0 amide bonds. The molecule has 0 radical (unpaired) electrons. The number of hydrogen-bond acceptors (Lipinski definition) is 1. The van der Waals surface area contributed by atoms with Crippen molar-refractivity contribution in [3.63, 3.8) is 0 Å². The first-order chi connectivity index (χ1) is 3.31. The first-order valence-electron chi connectivity index (χ1n) is 2.76. The molecule has 1 heteroatoms. The summed E-state index contributed by atoms with van der Waals surface area (Å²) in [4.78, 5) is 9.89. The van der Waals surface area contributed by atoms with Crippen LogP contribution in [0, 0.1) is 5.92 Å². The van der Waals surface area contributed by atoms with Crippen molar-refractivity contribution in [2.45, 2.75) is 26.7 Å². The van der Waals surface area contributed by atoms with Gasteiger partial charge in [0.05, 0.1) is 0 Å². The Kier molecular flexibility index (Phi) is 3.67.